The van der Waals surface area contributed by atoms with Gasteiger partial charge in [-0.25, -0.2) is 0 Å². The van der Waals surface area contributed by atoms with Crippen LogP contribution < -0.4 is 0 Å². The molecule has 1 aliphatic heterocycles. The number of hydrogen-bond acceptors (Lipinski definition) is 3. The predicted octanol–water partition coefficient (Wildman–Crippen LogP) is 3.19. The number of carbonyl (C=O) groups excluding carboxylic acids is 1. The van der Waals surface area contributed by atoms with E-state index in [1.807, 2.05) is 30.0 Å². The Morgan fingerprint density at radius 2 is 1.80 bits per heavy atom. The summed E-state index contributed by atoms with van der Waals surface area (Å²) in [5, 5.41) is 1.15. The average molecular weight is 339 g/mol. The van der Waals surface area contributed by atoms with Gasteiger partial charge in [-0.1, -0.05) is 32.0 Å². The van der Waals surface area contributed by atoms with E-state index < -0.39 is 0 Å². The molecule has 0 aliphatic carbocycles. The Hall–Kier alpha value is -1.94. The van der Waals surface area contributed by atoms with Crippen molar-refractivity contribution in [2.75, 3.05) is 32.7 Å². The molecule has 4 nitrogen and oxygen atoms in total. The molecule has 0 unspecified atom stereocenters. The molecule has 1 aliphatic rings. The van der Waals surface area contributed by atoms with Crippen LogP contribution in [0.4, 0.5) is 0 Å². The summed E-state index contributed by atoms with van der Waals surface area (Å²) in [7, 11) is 0. The minimum Gasteiger partial charge on any atom is -0.340 e. The Morgan fingerprint density at radius 3 is 2.48 bits per heavy atom. The SMILES string of the molecule is Cc1nc2ccccc2c(C)c1CC(=O)N1CCN(CC(C)C)CC1. The lowest BCUT2D eigenvalue weighted by Gasteiger charge is -2.35. The van der Waals surface area contributed by atoms with Crippen LogP contribution in [0.3, 0.4) is 0 Å². The standard InChI is InChI=1S/C21H29N3O/c1-15(2)14-23-9-11-24(12-10-23)21(25)13-19-16(3)18-7-5-6-8-20(18)22-17(19)4/h5-8,15H,9-14H2,1-4H3. The van der Waals surface area contributed by atoms with E-state index in [9.17, 15) is 4.79 Å². The molecule has 3 rings (SSSR count). The molecule has 0 spiro atoms. The lowest BCUT2D eigenvalue weighted by Crippen LogP contribution is -2.49. The van der Waals surface area contributed by atoms with Crippen molar-refractivity contribution in [1.82, 2.24) is 14.8 Å². The zero-order valence-electron chi connectivity index (χ0n) is 15.9. The first kappa shape index (κ1) is 17.9. The maximum atomic E-state index is 12.8. The van der Waals surface area contributed by atoms with Crippen molar-refractivity contribution in [3.05, 3.63) is 41.1 Å². The van der Waals surface area contributed by atoms with Crippen LogP contribution in [-0.2, 0) is 11.2 Å². The number of piperazine rings is 1. The van der Waals surface area contributed by atoms with Gasteiger partial charge in [-0.15, -0.1) is 0 Å². The van der Waals surface area contributed by atoms with Gasteiger partial charge in [0.15, 0.2) is 0 Å². The van der Waals surface area contributed by atoms with Crippen molar-refractivity contribution in [2.24, 2.45) is 5.92 Å². The van der Waals surface area contributed by atoms with Gasteiger partial charge in [0, 0.05) is 43.8 Å². The zero-order valence-corrected chi connectivity index (χ0v) is 15.9. The molecule has 25 heavy (non-hydrogen) atoms. The van der Waals surface area contributed by atoms with Gasteiger partial charge in [0.25, 0.3) is 0 Å². The largest absolute Gasteiger partial charge is 0.340 e. The number of hydrogen-bond donors (Lipinski definition) is 0. The van der Waals surface area contributed by atoms with Crippen LogP contribution in [0, 0.1) is 19.8 Å². The summed E-state index contributed by atoms with van der Waals surface area (Å²) in [5.74, 6) is 0.906. The fraction of sp³-hybridized carbons (Fsp3) is 0.524. The molecule has 1 aromatic carbocycles. The van der Waals surface area contributed by atoms with Gasteiger partial charge in [0.2, 0.25) is 5.91 Å². The highest BCUT2D eigenvalue weighted by atomic mass is 16.2. The number of fused-ring (bicyclic) bond motifs is 1. The maximum absolute atomic E-state index is 12.8. The van der Waals surface area contributed by atoms with E-state index in [1.165, 1.54) is 5.56 Å². The Labute approximate surface area is 150 Å². The van der Waals surface area contributed by atoms with Crippen LogP contribution >= 0.6 is 0 Å². The third-order valence-electron chi connectivity index (χ3n) is 5.16. The zero-order chi connectivity index (χ0) is 18.0. The van der Waals surface area contributed by atoms with E-state index >= 15 is 0 Å². The molecule has 1 saturated heterocycles. The van der Waals surface area contributed by atoms with Crippen LogP contribution in [0.5, 0.6) is 0 Å². The Bertz CT molecular complexity index is 761. The third kappa shape index (κ3) is 4.01. The minimum absolute atomic E-state index is 0.229. The average Bonchev–Trinajstić information content (AvgIpc) is 2.58. The number of amides is 1. The molecule has 0 atom stereocenters. The second kappa shape index (κ2) is 7.52. The first-order chi connectivity index (χ1) is 12.0. The van der Waals surface area contributed by atoms with Crippen molar-refractivity contribution in [3.8, 4) is 0 Å². The topological polar surface area (TPSA) is 36.4 Å². The highest BCUT2D eigenvalue weighted by Gasteiger charge is 2.23. The number of pyridine rings is 1. The Balaban J connectivity index is 1.71. The molecule has 2 aromatic rings. The molecule has 2 heterocycles. The van der Waals surface area contributed by atoms with Crippen LogP contribution in [0.2, 0.25) is 0 Å². The van der Waals surface area contributed by atoms with Gasteiger partial charge in [-0.05, 0) is 37.0 Å². The molecule has 0 radical (unpaired) electrons. The van der Waals surface area contributed by atoms with E-state index in [2.05, 4.69) is 31.7 Å². The summed E-state index contributed by atoms with van der Waals surface area (Å²) in [6.45, 7) is 13.4. The van der Waals surface area contributed by atoms with Crippen molar-refractivity contribution in [3.63, 3.8) is 0 Å². The van der Waals surface area contributed by atoms with Crippen molar-refractivity contribution in [2.45, 2.75) is 34.1 Å². The summed E-state index contributed by atoms with van der Waals surface area (Å²) >= 11 is 0. The number of aromatic nitrogens is 1. The van der Waals surface area contributed by atoms with E-state index in [-0.39, 0.29) is 5.91 Å². The first-order valence-corrected chi connectivity index (χ1v) is 9.30. The normalized spacial score (nSPS) is 16.0. The summed E-state index contributed by atoms with van der Waals surface area (Å²) in [4.78, 5) is 22.0. The van der Waals surface area contributed by atoms with E-state index in [1.54, 1.807) is 0 Å². The monoisotopic (exact) mass is 339 g/mol. The van der Waals surface area contributed by atoms with E-state index in [0.717, 1.165) is 54.9 Å². The quantitative estimate of drug-likeness (QED) is 0.858. The summed E-state index contributed by atoms with van der Waals surface area (Å²) in [5.41, 5.74) is 4.27. The molecule has 0 bridgehead atoms. The molecule has 4 heteroatoms. The highest BCUT2D eigenvalue weighted by Crippen LogP contribution is 2.23. The first-order valence-electron chi connectivity index (χ1n) is 9.30. The van der Waals surface area contributed by atoms with Gasteiger partial charge in [-0.3, -0.25) is 14.7 Å². The number of rotatable bonds is 4. The number of carbonyl (C=O) groups is 1. The number of nitrogens with zero attached hydrogens (tertiary/aromatic N) is 3. The molecule has 1 amide bonds. The lowest BCUT2D eigenvalue weighted by molar-refractivity contribution is -0.132. The van der Waals surface area contributed by atoms with Crippen LogP contribution in [-0.4, -0.2) is 53.4 Å². The van der Waals surface area contributed by atoms with E-state index in [4.69, 9.17) is 4.98 Å². The summed E-state index contributed by atoms with van der Waals surface area (Å²) in [6.07, 6.45) is 0.458. The van der Waals surface area contributed by atoms with Gasteiger partial charge in [-0.2, -0.15) is 0 Å². The molecule has 1 fully saturated rings. The fourth-order valence-electron chi connectivity index (χ4n) is 3.79. The van der Waals surface area contributed by atoms with Crippen molar-refractivity contribution in [1.29, 1.82) is 0 Å². The van der Waals surface area contributed by atoms with Gasteiger partial charge in [0.05, 0.1) is 11.9 Å². The fourth-order valence-corrected chi connectivity index (χ4v) is 3.79. The second-order valence-electron chi connectivity index (χ2n) is 7.57. The third-order valence-corrected chi connectivity index (χ3v) is 5.16. The van der Waals surface area contributed by atoms with Crippen LogP contribution in [0.25, 0.3) is 10.9 Å². The Morgan fingerprint density at radius 1 is 1.12 bits per heavy atom. The number of aryl methyl sites for hydroxylation is 2. The second-order valence-corrected chi connectivity index (χ2v) is 7.57. The molecule has 0 saturated carbocycles. The molecular formula is C21H29N3O. The van der Waals surface area contributed by atoms with Crippen LogP contribution in [0.1, 0.15) is 30.7 Å². The lowest BCUT2D eigenvalue weighted by atomic mass is 9.99. The Kier molecular flexibility index (Phi) is 5.38. The minimum atomic E-state index is 0.229. The summed E-state index contributed by atoms with van der Waals surface area (Å²) < 4.78 is 0. The van der Waals surface area contributed by atoms with Gasteiger partial charge < -0.3 is 4.90 Å². The van der Waals surface area contributed by atoms with Crippen molar-refractivity contribution >= 4 is 16.8 Å². The maximum Gasteiger partial charge on any atom is 0.227 e. The molecule has 0 N–H and O–H groups in total. The molecular weight excluding hydrogens is 310 g/mol. The highest BCUT2D eigenvalue weighted by molar-refractivity contribution is 5.86. The van der Waals surface area contributed by atoms with Crippen molar-refractivity contribution < 1.29 is 4.79 Å². The van der Waals surface area contributed by atoms with Gasteiger partial charge >= 0.3 is 0 Å². The number of para-hydroxylation sites is 1. The van der Waals surface area contributed by atoms with Crippen LogP contribution in [0.15, 0.2) is 24.3 Å². The van der Waals surface area contributed by atoms with E-state index in [0.29, 0.717) is 12.3 Å². The summed E-state index contributed by atoms with van der Waals surface area (Å²) in [6, 6.07) is 8.17. The van der Waals surface area contributed by atoms with Gasteiger partial charge in [0.1, 0.15) is 0 Å². The molecule has 1 aromatic heterocycles. The number of benzene rings is 1. The predicted molar refractivity (Wildman–Crippen MR) is 103 cm³/mol. The smallest absolute Gasteiger partial charge is 0.227 e. The molecule has 134 valence electrons.